The average Bonchev–Trinajstić information content (AvgIpc) is 2.67. The molecule has 0 aliphatic carbocycles. The van der Waals surface area contributed by atoms with Gasteiger partial charge in [-0.2, -0.15) is 0 Å². The average molecular weight is 354 g/mol. The summed E-state index contributed by atoms with van der Waals surface area (Å²) in [5, 5.41) is 15.6. The van der Waals surface area contributed by atoms with Crippen LogP contribution in [0.1, 0.15) is 17.2 Å². The van der Waals surface area contributed by atoms with E-state index < -0.39 is 6.10 Å². The number of anilines is 1. The van der Waals surface area contributed by atoms with Gasteiger partial charge in [-0.05, 0) is 29.8 Å². The predicted octanol–water partition coefficient (Wildman–Crippen LogP) is 2.21. The number of ether oxygens (including phenoxy) is 1. The number of hydrogen-bond donors (Lipinski definition) is 3. The quantitative estimate of drug-likeness (QED) is 0.634. The van der Waals surface area contributed by atoms with Gasteiger partial charge in [-0.15, -0.1) is 0 Å². The molecule has 136 valence electrons. The van der Waals surface area contributed by atoms with Gasteiger partial charge in [-0.25, -0.2) is 0 Å². The SMILES string of the molecule is C=CC(=O)Nc1ccc(CC(=O)NCC(O)c2ccccc2OC)cc1. The molecule has 6 heteroatoms. The number of benzene rings is 2. The van der Waals surface area contributed by atoms with Crippen molar-refractivity contribution in [3.8, 4) is 5.75 Å². The molecular weight excluding hydrogens is 332 g/mol. The van der Waals surface area contributed by atoms with Gasteiger partial charge in [0.1, 0.15) is 5.75 Å². The second-order valence-corrected chi connectivity index (χ2v) is 5.63. The highest BCUT2D eigenvalue weighted by atomic mass is 16.5. The van der Waals surface area contributed by atoms with E-state index in [2.05, 4.69) is 17.2 Å². The highest BCUT2D eigenvalue weighted by Gasteiger charge is 2.14. The first kappa shape index (κ1) is 19.2. The lowest BCUT2D eigenvalue weighted by molar-refractivity contribution is -0.121. The van der Waals surface area contributed by atoms with E-state index in [9.17, 15) is 14.7 Å². The summed E-state index contributed by atoms with van der Waals surface area (Å²) in [6.45, 7) is 3.48. The molecule has 0 saturated heterocycles. The Bertz CT molecular complexity index is 772. The highest BCUT2D eigenvalue weighted by molar-refractivity contribution is 5.98. The first-order valence-electron chi connectivity index (χ1n) is 8.13. The van der Waals surface area contributed by atoms with Gasteiger partial charge in [-0.3, -0.25) is 9.59 Å². The number of carbonyl (C=O) groups excluding carboxylic acids is 2. The summed E-state index contributed by atoms with van der Waals surface area (Å²) in [5.74, 6) is 0.0778. The number of aliphatic hydroxyl groups is 1. The van der Waals surface area contributed by atoms with Crippen LogP contribution in [-0.4, -0.2) is 30.6 Å². The maximum atomic E-state index is 12.1. The molecule has 0 aliphatic heterocycles. The van der Waals surface area contributed by atoms with Crippen LogP contribution < -0.4 is 15.4 Å². The summed E-state index contributed by atoms with van der Waals surface area (Å²) in [7, 11) is 1.53. The molecule has 0 radical (unpaired) electrons. The lowest BCUT2D eigenvalue weighted by Gasteiger charge is -2.15. The number of rotatable bonds is 8. The maximum Gasteiger partial charge on any atom is 0.247 e. The second kappa shape index (κ2) is 9.39. The molecule has 0 aliphatic rings. The van der Waals surface area contributed by atoms with Crippen molar-refractivity contribution in [1.82, 2.24) is 5.32 Å². The number of para-hydroxylation sites is 1. The van der Waals surface area contributed by atoms with Gasteiger partial charge in [0.15, 0.2) is 0 Å². The minimum atomic E-state index is -0.855. The summed E-state index contributed by atoms with van der Waals surface area (Å²) in [6, 6.07) is 14.1. The Morgan fingerprint density at radius 3 is 2.54 bits per heavy atom. The summed E-state index contributed by atoms with van der Waals surface area (Å²) >= 11 is 0. The highest BCUT2D eigenvalue weighted by Crippen LogP contribution is 2.24. The molecule has 1 unspecified atom stereocenters. The molecule has 0 spiro atoms. The van der Waals surface area contributed by atoms with Crippen molar-refractivity contribution in [1.29, 1.82) is 0 Å². The van der Waals surface area contributed by atoms with Gasteiger partial charge in [0.05, 0.1) is 19.6 Å². The largest absolute Gasteiger partial charge is 0.496 e. The molecule has 0 aromatic heterocycles. The van der Waals surface area contributed by atoms with Crippen molar-refractivity contribution >= 4 is 17.5 Å². The summed E-state index contributed by atoms with van der Waals surface area (Å²) in [5.41, 5.74) is 2.05. The third kappa shape index (κ3) is 5.46. The van der Waals surface area contributed by atoms with Crippen LogP contribution >= 0.6 is 0 Å². The van der Waals surface area contributed by atoms with Crippen molar-refractivity contribution in [2.75, 3.05) is 19.0 Å². The molecule has 2 rings (SSSR count). The Hall–Kier alpha value is -3.12. The van der Waals surface area contributed by atoms with Gasteiger partial charge in [0, 0.05) is 17.8 Å². The first-order valence-corrected chi connectivity index (χ1v) is 8.13. The zero-order valence-corrected chi connectivity index (χ0v) is 14.6. The summed E-state index contributed by atoms with van der Waals surface area (Å²) < 4.78 is 5.21. The Balaban J connectivity index is 1.86. The number of aliphatic hydroxyl groups excluding tert-OH is 1. The molecule has 0 heterocycles. The minimum absolute atomic E-state index is 0.0900. The molecule has 1 atom stereocenters. The van der Waals surface area contributed by atoms with Crippen molar-refractivity contribution in [2.24, 2.45) is 0 Å². The molecule has 0 saturated carbocycles. The van der Waals surface area contributed by atoms with Crippen molar-refractivity contribution in [3.05, 3.63) is 72.3 Å². The van der Waals surface area contributed by atoms with Gasteiger partial charge < -0.3 is 20.5 Å². The Morgan fingerprint density at radius 2 is 1.88 bits per heavy atom. The number of carbonyl (C=O) groups is 2. The third-order valence-electron chi connectivity index (χ3n) is 3.76. The van der Waals surface area contributed by atoms with Crippen LogP contribution in [-0.2, 0) is 16.0 Å². The summed E-state index contributed by atoms with van der Waals surface area (Å²) in [4.78, 5) is 23.3. The maximum absolute atomic E-state index is 12.1. The molecule has 3 N–H and O–H groups in total. The first-order chi connectivity index (χ1) is 12.5. The standard InChI is InChI=1S/C20H22N2O4/c1-3-19(24)22-15-10-8-14(9-11-15)12-20(25)21-13-17(23)16-6-4-5-7-18(16)26-2/h3-11,17,23H,1,12-13H2,2H3,(H,21,25)(H,22,24). The Labute approximate surface area is 152 Å². The van der Waals surface area contributed by atoms with Gasteiger partial charge in [0.25, 0.3) is 0 Å². The van der Waals surface area contributed by atoms with Crippen LogP contribution in [0.15, 0.2) is 61.2 Å². The number of nitrogens with one attached hydrogen (secondary N) is 2. The fourth-order valence-electron chi connectivity index (χ4n) is 2.41. The molecular formula is C20H22N2O4. The normalized spacial score (nSPS) is 11.3. The van der Waals surface area contributed by atoms with Gasteiger partial charge in [-0.1, -0.05) is 36.9 Å². The van der Waals surface area contributed by atoms with E-state index in [0.717, 1.165) is 5.56 Å². The topological polar surface area (TPSA) is 87.7 Å². The zero-order valence-electron chi connectivity index (χ0n) is 14.6. The number of methoxy groups -OCH3 is 1. The van der Waals surface area contributed by atoms with E-state index in [1.165, 1.54) is 13.2 Å². The lowest BCUT2D eigenvalue weighted by atomic mass is 10.1. The fraction of sp³-hybridized carbons (Fsp3) is 0.200. The van der Waals surface area contributed by atoms with Crippen LogP contribution in [0.3, 0.4) is 0 Å². The Kier molecular flexibility index (Phi) is 6.93. The van der Waals surface area contributed by atoms with E-state index in [-0.39, 0.29) is 24.8 Å². The minimum Gasteiger partial charge on any atom is -0.496 e. The molecule has 2 aromatic carbocycles. The van der Waals surface area contributed by atoms with Crippen molar-refractivity contribution in [3.63, 3.8) is 0 Å². The zero-order chi connectivity index (χ0) is 18.9. The molecule has 0 fully saturated rings. The molecule has 26 heavy (non-hydrogen) atoms. The van der Waals surface area contributed by atoms with Crippen LogP contribution in [0.4, 0.5) is 5.69 Å². The molecule has 6 nitrogen and oxygen atoms in total. The van der Waals surface area contributed by atoms with E-state index >= 15 is 0 Å². The van der Waals surface area contributed by atoms with E-state index in [1.807, 2.05) is 6.07 Å². The molecule has 2 aromatic rings. The number of hydrogen-bond acceptors (Lipinski definition) is 4. The molecule has 2 amide bonds. The monoisotopic (exact) mass is 354 g/mol. The van der Waals surface area contributed by atoms with Crippen molar-refractivity contribution in [2.45, 2.75) is 12.5 Å². The predicted molar refractivity (Wildman–Crippen MR) is 99.9 cm³/mol. The lowest BCUT2D eigenvalue weighted by Crippen LogP contribution is -2.29. The van der Waals surface area contributed by atoms with Crippen LogP contribution in [0.5, 0.6) is 5.75 Å². The van der Waals surface area contributed by atoms with Crippen molar-refractivity contribution < 1.29 is 19.4 Å². The molecule has 0 bridgehead atoms. The van der Waals surface area contributed by atoms with Gasteiger partial charge in [0.2, 0.25) is 11.8 Å². The smallest absolute Gasteiger partial charge is 0.247 e. The third-order valence-corrected chi connectivity index (χ3v) is 3.76. The van der Waals surface area contributed by atoms with Crippen LogP contribution in [0.2, 0.25) is 0 Å². The fourth-order valence-corrected chi connectivity index (χ4v) is 2.41. The van der Waals surface area contributed by atoms with E-state index in [4.69, 9.17) is 4.74 Å². The van der Waals surface area contributed by atoms with Crippen LogP contribution in [0, 0.1) is 0 Å². The van der Waals surface area contributed by atoms with E-state index in [1.54, 1.807) is 42.5 Å². The van der Waals surface area contributed by atoms with E-state index in [0.29, 0.717) is 17.0 Å². The summed E-state index contributed by atoms with van der Waals surface area (Å²) in [6.07, 6.45) is 0.509. The van der Waals surface area contributed by atoms with Gasteiger partial charge >= 0.3 is 0 Å². The second-order valence-electron chi connectivity index (χ2n) is 5.63. The number of amides is 2. The Morgan fingerprint density at radius 1 is 1.19 bits per heavy atom. The van der Waals surface area contributed by atoms with Crippen LogP contribution in [0.25, 0.3) is 0 Å².